The van der Waals surface area contributed by atoms with Crippen LogP contribution in [0.4, 0.5) is 0 Å². The van der Waals surface area contributed by atoms with Crippen LogP contribution in [-0.2, 0) is 4.79 Å². The van der Waals surface area contributed by atoms with Gasteiger partial charge in [-0.15, -0.1) is 0 Å². The summed E-state index contributed by atoms with van der Waals surface area (Å²) in [6.45, 7) is 3.96. The van der Waals surface area contributed by atoms with Crippen LogP contribution in [-0.4, -0.2) is 29.0 Å². The van der Waals surface area contributed by atoms with E-state index in [-0.39, 0.29) is 17.6 Å². The zero-order valence-electron chi connectivity index (χ0n) is 12.3. The Morgan fingerprint density at radius 3 is 2.45 bits per heavy atom. The molecule has 0 spiro atoms. The number of phenols is 1. The van der Waals surface area contributed by atoms with Crippen LogP contribution in [0.15, 0.2) is 24.3 Å². The number of piperidine rings is 1. The molecule has 1 aliphatic rings. The summed E-state index contributed by atoms with van der Waals surface area (Å²) >= 11 is 0. The zero-order valence-corrected chi connectivity index (χ0v) is 12.3. The first-order valence-electron chi connectivity index (χ1n) is 7.80. The van der Waals surface area contributed by atoms with Gasteiger partial charge < -0.3 is 10.0 Å². The number of carbonyl (C=O) groups is 1. The van der Waals surface area contributed by atoms with E-state index < -0.39 is 0 Å². The monoisotopic (exact) mass is 275 g/mol. The first kappa shape index (κ1) is 14.9. The van der Waals surface area contributed by atoms with Gasteiger partial charge in [-0.2, -0.15) is 0 Å². The maximum absolute atomic E-state index is 12.8. The van der Waals surface area contributed by atoms with E-state index in [0.717, 1.165) is 50.8 Å². The summed E-state index contributed by atoms with van der Waals surface area (Å²) in [6.07, 6.45) is 6.55. The number of hydrogen-bond donors (Lipinski definition) is 1. The Morgan fingerprint density at radius 2 is 1.85 bits per heavy atom. The van der Waals surface area contributed by atoms with Gasteiger partial charge in [0.2, 0.25) is 5.91 Å². The van der Waals surface area contributed by atoms with Crippen molar-refractivity contribution >= 4 is 5.91 Å². The molecule has 1 atom stereocenters. The predicted molar refractivity (Wildman–Crippen MR) is 80.8 cm³/mol. The summed E-state index contributed by atoms with van der Waals surface area (Å²) < 4.78 is 0. The second-order valence-corrected chi connectivity index (χ2v) is 5.67. The van der Waals surface area contributed by atoms with Gasteiger partial charge in [-0.1, -0.05) is 31.9 Å². The van der Waals surface area contributed by atoms with Crippen LogP contribution in [0.25, 0.3) is 0 Å². The number of benzene rings is 1. The van der Waals surface area contributed by atoms with Gasteiger partial charge in [0.15, 0.2) is 0 Å². The van der Waals surface area contributed by atoms with Crippen LogP contribution in [0.5, 0.6) is 5.75 Å². The molecule has 1 amide bonds. The molecule has 1 aromatic rings. The van der Waals surface area contributed by atoms with Gasteiger partial charge >= 0.3 is 0 Å². The van der Waals surface area contributed by atoms with Gasteiger partial charge in [-0.25, -0.2) is 0 Å². The van der Waals surface area contributed by atoms with Crippen molar-refractivity contribution in [1.82, 2.24) is 4.90 Å². The minimum absolute atomic E-state index is 0.0475. The molecule has 0 aliphatic carbocycles. The molecular formula is C17H25NO2. The number of rotatable bonds is 5. The van der Waals surface area contributed by atoms with Crippen molar-refractivity contribution in [1.29, 1.82) is 0 Å². The molecule has 3 heteroatoms. The van der Waals surface area contributed by atoms with E-state index in [2.05, 4.69) is 6.92 Å². The molecule has 3 nitrogen and oxygen atoms in total. The number of likely N-dealkylation sites (tertiary alicyclic amines) is 1. The van der Waals surface area contributed by atoms with E-state index in [1.807, 2.05) is 17.0 Å². The molecule has 1 heterocycles. The number of carbonyl (C=O) groups excluding carboxylic acids is 1. The van der Waals surface area contributed by atoms with E-state index >= 15 is 0 Å². The van der Waals surface area contributed by atoms with Gasteiger partial charge in [-0.3, -0.25) is 4.79 Å². The normalized spacial score (nSPS) is 16.9. The van der Waals surface area contributed by atoms with Crippen LogP contribution in [0.3, 0.4) is 0 Å². The molecule has 0 radical (unpaired) electrons. The minimum Gasteiger partial charge on any atom is -0.508 e. The third-order valence-electron chi connectivity index (χ3n) is 4.11. The highest BCUT2D eigenvalue weighted by Gasteiger charge is 2.26. The third-order valence-corrected chi connectivity index (χ3v) is 4.11. The Kier molecular flexibility index (Phi) is 5.45. The second kappa shape index (κ2) is 7.32. The third kappa shape index (κ3) is 3.75. The lowest BCUT2D eigenvalue weighted by molar-refractivity contribution is -0.133. The fourth-order valence-electron chi connectivity index (χ4n) is 2.88. The van der Waals surface area contributed by atoms with Crippen molar-refractivity contribution < 1.29 is 9.90 Å². The summed E-state index contributed by atoms with van der Waals surface area (Å²) in [5.41, 5.74) is 1.03. The highest BCUT2D eigenvalue weighted by molar-refractivity contribution is 5.83. The van der Waals surface area contributed by atoms with Crippen LogP contribution >= 0.6 is 0 Å². The maximum Gasteiger partial charge on any atom is 0.230 e. The lowest BCUT2D eigenvalue weighted by Gasteiger charge is -2.30. The minimum atomic E-state index is -0.0475. The summed E-state index contributed by atoms with van der Waals surface area (Å²) in [4.78, 5) is 14.8. The van der Waals surface area contributed by atoms with Crippen molar-refractivity contribution in [3.05, 3.63) is 29.8 Å². The summed E-state index contributed by atoms with van der Waals surface area (Å²) in [5, 5.41) is 9.41. The summed E-state index contributed by atoms with van der Waals surface area (Å²) in [5.74, 6) is 0.478. The van der Waals surface area contributed by atoms with Crippen molar-refractivity contribution in [3.8, 4) is 5.75 Å². The molecule has 0 aromatic heterocycles. The van der Waals surface area contributed by atoms with Gasteiger partial charge in [0.25, 0.3) is 0 Å². The smallest absolute Gasteiger partial charge is 0.230 e. The van der Waals surface area contributed by atoms with Gasteiger partial charge in [0.1, 0.15) is 5.75 Å². The quantitative estimate of drug-likeness (QED) is 0.890. The zero-order chi connectivity index (χ0) is 14.4. The molecule has 1 N–H and O–H groups in total. The van der Waals surface area contributed by atoms with Crippen LogP contribution in [0, 0.1) is 0 Å². The number of nitrogens with zero attached hydrogens (tertiary/aromatic N) is 1. The molecule has 20 heavy (non-hydrogen) atoms. The lowest BCUT2D eigenvalue weighted by Crippen LogP contribution is -2.38. The molecule has 110 valence electrons. The standard InChI is InChI=1S/C17H25NO2/c1-2-3-7-16(14-8-10-15(19)11-9-14)17(20)18-12-5-4-6-13-18/h8-11,16,19H,2-7,12-13H2,1H3. The lowest BCUT2D eigenvalue weighted by atomic mass is 9.91. The molecule has 0 bridgehead atoms. The molecule has 1 aromatic carbocycles. The largest absolute Gasteiger partial charge is 0.508 e. The molecular weight excluding hydrogens is 250 g/mol. The average Bonchev–Trinajstić information content (AvgIpc) is 2.50. The van der Waals surface area contributed by atoms with E-state index in [0.29, 0.717) is 0 Å². The van der Waals surface area contributed by atoms with Crippen molar-refractivity contribution in [2.24, 2.45) is 0 Å². The number of unbranched alkanes of at least 4 members (excludes halogenated alkanes) is 1. The summed E-state index contributed by atoms with van der Waals surface area (Å²) in [7, 11) is 0. The first-order chi connectivity index (χ1) is 9.72. The molecule has 1 saturated heterocycles. The van der Waals surface area contributed by atoms with E-state index in [1.54, 1.807) is 12.1 Å². The van der Waals surface area contributed by atoms with E-state index in [4.69, 9.17) is 0 Å². The average molecular weight is 275 g/mol. The Hall–Kier alpha value is -1.51. The van der Waals surface area contributed by atoms with Crippen molar-refractivity contribution in [2.75, 3.05) is 13.1 Å². The number of aromatic hydroxyl groups is 1. The number of hydrogen-bond acceptors (Lipinski definition) is 2. The Balaban J connectivity index is 2.13. The highest BCUT2D eigenvalue weighted by Crippen LogP contribution is 2.27. The van der Waals surface area contributed by atoms with Crippen LogP contribution in [0.1, 0.15) is 56.9 Å². The van der Waals surface area contributed by atoms with Crippen molar-refractivity contribution in [3.63, 3.8) is 0 Å². The predicted octanol–water partition coefficient (Wildman–Crippen LogP) is 3.68. The van der Waals surface area contributed by atoms with Crippen LogP contribution in [0.2, 0.25) is 0 Å². The van der Waals surface area contributed by atoms with E-state index in [1.165, 1.54) is 6.42 Å². The Morgan fingerprint density at radius 1 is 1.20 bits per heavy atom. The number of amides is 1. The highest BCUT2D eigenvalue weighted by atomic mass is 16.3. The SMILES string of the molecule is CCCCC(C(=O)N1CCCCC1)c1ccc(O)cc1. The maximum atomic E-state index is 12.8. The second-order valence-electron chi connectivity index (χ2n) is 5.67. The molecule has 1 fully saturated rings. The number of phenolic OH excluding ortho intramolecular Hbond substituents is 1. The molecule has 1 unspecified atom stereocenters. The first-order valence-corrected chi connectivity index (χ1v) is 7.80. The Labute approximate surface area is 121 Å². The fourth-order valence-corrected chi connectivity index (χ4v) is 2.88. The van der Waals surface area contributed by atoms with Crippen molar-refractivity contribution in [2.45, 2.75) is 51.4 Å². The van der Waals surface area contributed by atoms with Crippen LogP contribution < -0.4 is 0 Å². The topological polar surface area (TPSA) is 40.5 Å². The molecule has 2 rings (SSSR count). The molecule has 1 aliphatic heterocycles. The summed E-state index contributed by atoms with van der Waals surface area (Å²) in [6, 6.07) is 7.13. The molecule has 0 saturated carbocycles. The Bertz CT molecular complexity index is 421. The van der Waals surface area contributed by atoms with Gasteiger partial charge in [0.05, 0.1) is 5.92 Å². The fraction of sp³-hybridized carbons (Fsp3) is 0.588. The van der Waals surface area contributed by atoms with E-state index in [9.17, 15) is 9.90 Å². The van der Waals surface area contributed by atoms with Gasteiger partial charge in [-0.05, 0) is 43.4 Å². The van der Waals surface area contributed by atoms with Gasteiger partial charge in [0, 0.05) is 13.1 Å².